The molecular formula is C17H16ClF3N4O5S. The molecule has 0 unspecified atom stereocenters. The number of aromatic amines is 1. The molecule has 0 spiro atoms. The van der Waals surface area contributed by atoms with Gasteiger partial charge in [0.05, 0.1) is 10.5 Å². The van der Waals surface area contributed by atoms with E-state index in [0.717, 1.165) is 28.8 Å². The number of nitrogens with one attached hydrogen (secondary N) is 3. The first kappa shape index (κ1) is 23.0. The molecule has 0 aliphatic carbocycles. The second-order valence-corrected chi connectivity index (χ2v) is 9.37. The number of carbonyl (C=O) groups is 1. The van der Waals surface area contributed by atoms with Gasteiger partial charge in [-0.3, -0.25) is 19.1 Å². The van der Waals surface area contributed by atoms with Crippen LogP contribution in [0.3, 0.4) is 0 Å². The molecule has 0 fully saturated rings. The predicted octanol–water partition coefficient (Wildman–Crippen LogP) is 1.53. The van der Waals surface area contributed by atoms with Crippen LogP contribution in [0.1, 0.15) is 19.4 Å². The topological polar surface area (TPSA) is 130 Å². The molecule has 0 saturated heterocycles. The van der Waals surface area contributed by atoms with E-state index in [9.17, 15) is 36.0 Å². The number of rotatable bonds is 5. The summed E-state index contributed by atoms with van der Waals surface area (Å²) in [5.41, 5.74) is -7.81. The van der Waals surface area contributed by atoms with Crippen LogP contribution in [-0.4, -0.2) is 30.1 Å². The number of aromatic nitrogens is 2. The molecule has 31 heavy (non-hydrogen) atoms. The lowest BCUT2D eigenvalue weighted by molar-refractivity contribution is -0.194. The third-order valence-corrected chi connectivity index (χ3v) is 6.25. The first-order valence-corrected chi connectivity index (χ1v) is 10.6. The summed E-state index contributed by atoms with van der Waals surface area (Å²) < 4.78 is 70.4. The maximum atomic E-state index is 14.3. The number of nitrogens with zero attached hydrogens (tertiary/aromatic N) is 1. The van der Waals surface area contributed by atoms with Gasteiger partial charge in [0.2, 0.25) is 15.6 Å². The number of amides is 1. The standard InChI is InChI=1S/C17H16ClF3N4O5S/c1-8(2)7-25-12-11(13(26)23-15(25)28)16(14(27)22-12,17(19,20)21)24-31(29,30)10-5-3-9(18)4-6-10/h3-6,8,24H,7H2,1-2H3,(H,22,27)(H,23,26,28)/t16-/m0/s1. The minimum Gasteiger partial charge on any atom is -0.309 e. The highest BCUT2D eigenvalue weighted by Gasteiger charge is 2.69. The third-order valence-electron chi connectivity index (χ3n) is 4.53. The second kappa shape index (κ2) is 7.50. The Kier molecular flexibility index (Phi) is 5.57. The molecule has 2 aromatic rings. The minimum absolute atomic E-state index is 0.127. The van der Waals surface area contributed by atoms with E-state index in [1.54, 1.807) is 18.8 Å². The Balaban J connectivity index is 2.31. The van der Waals surface area contributed by atoms with Gasteiger partial charge in [0, 0.05) is 11.6 Å². The lowest BCUT2D eigenvalue weighted by atomic mass is 9.93. The molecule has 1 atom stereocenters. The van der Waals surface area contributed by atoms with Crippen molar-refractivity contribution in [1.29, 1.82) is 0 Å². The van der Waals surface area contributed by atoms with Crippen molar-refractivity contribution < 1.29 is 26.4 Å². The van der Waals surface area contributed by atoms with Gasteiger partial charge in [-0.25, -0.2) is 13.2 Å². The average molecular weight is 481 g/mol. The van der Waals surface area contributed by atoms with Gasteiger partial charge < -0.3 is 5.32 Å². The number of fused-ring (bicyclic) bond motifs is 1. The van der Waals surface area contributed by atoms with E-state index in [1.165, 1.54) is 4.72 Å². The molecule has 14 heteroatoms. The number of sulfonamides is 1. The highest BCUT2D eigenvalue weighted by molar-refractivity contribution is 7.89. The van der Waals surface area contributed by atoms with Crippen LogP contribution in [-0.2, 0) is 26.9 Å². The van der Waals surface area contributed by atoms with Crippen molar-refractivity contribution in [3.8, 4) is 0 Å². The third kappa shape index (κ3) is 3.77. The van der Waals surface area contributed by atoms with Crippen LogP contribution in [0.5, 0.6) is 0 Å². The molecule has 0 radical (unpaired) electrons. The fourth-order valence-corrected chi connectivity index (χ4v) is 4.65. The molecule has 2 heterocycles. The van der Waals surface area contributed by atoms with Crippen molar-refractivity contribution in [2.45, 2.75) is 37.0 Å². The van der Waals surface area contributed by atoms with Crippen molar-refractivity contribution in [1.82, 2.24) is 14.3 Å². The Hall–Kier alpha value is -2.64. The Morgan fingerprint density at radius 2 is 1.74 bits per heavy atom. The van der Waals surface area contributed by atoms with Crippen molar-refractivity contribution >= 4 is 33.3 Å². The summed E-state index contributed by atoms with van der Waals surface area (Å²) in [6.45, 7) is 3.16. The second-order valence-electron chi connectivity index (χ2n) is 7.25. The van der Waals surface area contributed by atoms with Crippen LogP contribution in [0.2, 0.25) is 5.02 Å². The largest absolute Gasteiger partial charge is 0.421 e. The number of carbonyl (C=O) groups excluding carboxylic acids is 1. The van der Waals surface area contributed by atoms with Gasteiger partial charge in [0.25, 0.3) is 11.5 Å². The number of H-pyrrole nitrogens is 1. The van der Waals surface area contributed by atoms with Crippen molar-refractivity contribution in [2.24, 2.45) is 5.92 Å². The van der Waals surface area contributed by atoms with Crippen molar-refractivity contribution in [3.63, 3.8) is 0 Å². The maximum Gasteiger partial charge on any atom is 0.421 e. The van der Waals surface area contributed by atoms with E-state index in [4.69, 9.17) is 11.6 Å². The summed E-state index contributed by atoms with van der Waals surface area (Å²) in [6.07, 6.45) is -5.57. The molecule has 0 saturated carbocycles. The van der Waals surface area contributed by atoms with Crippen LogP contribution < -0.4 is 21.3 Å². The van der Waals surface area contributed by atoms with Gasteiger partial charge in [-0.1, -0.05) is 25.4 Å². The Morgan fingerprint density at radius 3 is 2.26 bits per heavy atom. The Bertz CT molecular complexity index is 1270. The Morgan fingerprint density at radius 1 is 1.16 bits per heavy atom. The lowest BCUT2D eigenvalue weighted by Crippen LogP contribution is -2.61. The van der Waals surface area contributed by atoms with Gasteiger partial charge in [0.15, 0.2) is 0 Å². The first-order chi connectivity index (χ1) is 14.2. The number of anilines is 1. The quantitative estimate of drug-likeness (QED) is 0.597. The molecule has 3 N–H and O–H groups in total. The summed E-state index contributed by atoms with van der Waals surface area (Å²) in [7, 11) is -4.97. The highest BCUT2D eigenvalue weighted by Crippen LogP contribution is 2.45. The molecular weight excluding hydrogens is 465 g/mol. The molecule has 1 aromatic heterocycles. The average Bonchev–Trinajstić information content (AvgIpc) is 2.92. The molecule has 9 nitrogen and oxygen atoms in total. The predicted molar refractivity (Wildman–Crippen MR) is 104 cm³/mol. The number of alkyl halides is 3. The van der Waals surface area contributed by atoms with Crippen molar-refractivity contribution in [2.75, 3.05) is 5.32 Å². The van der Waals surface area contributed by atoms with E-state index in [1.807, 2.05) is 5.32 Å². The zero-order valence-corrected chi connectivity index (χ0v) is 17.6. The summed E-state index contributed by atoms with van der Waals surface area (Å²) in [6, 6.07) is 4.14. The smallest absolute Gasteiger partial charge is 0.309 e. The zero-order valence-electron chi connectivity index (χ0n) is 16.0. The SMILES string of the molecule is CC(C)Cn1c2c(c(=O)[nH]c1=O)[C@@](NS(=O)(=O)c1ccc(Cl)cc1)(C(F)(F)F)C(=O)N2. The van der Waals surface area contributed by atoms with E-state index < -0.39 is 55.2 Å². The highest BCUT2D eigenvalue weighted by atomic mass is 35.5. The molecule has 0 bridgehead atoms. The fraction of sp³-hybridized carbons (Fsp3) is 0.353. The molecule has 1 aromatic carbocycles. The van der Waals surface area contributed by atoms with Crippen LogP contribution in [0.4, 0.5) is 19.0 Å². The summed E-state index contributed by atoms with van der Waals surface area (Å²) in [5, 5.41) is 2.00. The normalized spacial score (nSPS) is 18.9. The van der Waals surface area contributed by atoms with Gasteiger partial charge in [0.1, 0.15) is 5.82 Å². The van der Waals surface area contributed by atoms with E-state index in [0.29, 0.717) is 0 Å². The number of benzene rings is 1. The van der Waals surface area contributed by atoms with Gasteiger partial charge >= 0.3 is 11.9 Å². The van der Waals surface area contributed by atoms with Crippen molar-refractivity contribution in [3.05, 3.63) is 55.7 Å². The van der Waals surface area contributed by atoms with E-state index in [2.05, 4.69) is 0 Å². The van der Waals surface area contributed by atoms with Crippen LogP contribution in [0, 0.1) is 5.92 Å². The zero-order chi connectivity index (χ0) is 23.4. The Labute approximate surface area is 178 Å². The van der Waals surface area contributed by atoms with Gasteiger partial charge in [-0.05, 0) is 30.2 Å². The lowest BCUT2D eigenvalue weighted by Gasteiger charge is -2.29. The molecule has 3 rings (SSSR count). The summed E-state index contributed by atoms with van der Waals surface area (Å²) >= 11 is 5.68. The summed E-state index contributed by atoms with van der Waals surface area (Å²) in [4.78, 5) is 38.3. The summed E-state index contributed by atoms with van der Waals surface area (Å²) in [5.74, 6) is -2.83. The first-order valence-electron chi connectivity index (χ1n) is 8.76. The number of hydrogen-bond donors (Lipinski definition) is 3. The molecule has 1 aliphatic rings. The minimum atomic E-state index is -5.57. The molecule has 1 amide bonds. The fourth-order valence-electron chi connectivity index (χ4n) is 3.20. The van der Waals surface area contributed by atoms with Gasteiger partial charge in [-0.2, -0.15) is 17.9 Å². The molecule has 1 aliphatic heterocycles. The van der Waals surface area contributed by atoms with Crippen LogP contribution >= 0.6 is 11.6 Å². The van der Waals surface area contributed by atoms with E-state index >= 15 is 0 Å². The van der Waals surface area contributed by atoms with Crippen LogP contribution in [0.25, 0.3) is 0 Å². The van der Waals surface area contributed by atoms with E-state index in [-0.39, 0.29) is 17.5 Å². The van der Waals surface area contributed by atoms with Gasteiger partial charge in [-0.15, -0.1) is 0 Å². The number of halogens is 4. The maximum absolute atomic E-state index is 14.3. The number of hydrogen-bond acceptors (Lipinski definition) is 5. The monoisotopic (exact) mass is 480 g/mol. The van der Waals surface area contributed by atoms with Crippen LogP contribution in [0.15, 0.2) is 38.8 Å². The molecule has 168 valence electrons.